The number of anilines is 1. The molecule has 0 aromatic heterocycles. The maximum Gasteiger partial charge on any atom is 0.0345 e. The zero-order valence-corrected chi connectivity index (χ0v) is 10.1. The lowest BCUT2D eigenvalue weighted by molar-refractivity contribution is 0.440. The van der Waals surface area contributed by atoms with Gasteiger partial charge in [0.2, 0.25) is 0 Å². The Balaban J connectivity index is 1.69. The monoisotopic (exact) mass is 215 g/mol. The van der Waals surface area contributed by atoms with E-state index in [1.165, 1.54) is 36.9 Å². The number of hydrogen-bond acceptors (Lipinski definition) is 1. The molecule has 0 aliphatic heterocycles. The van der Waals surface area contributed by atoms with Crippen LogP contribution in [-0.2, 0) is 6.42 Å². The Morgan fingerprint density at radius 3 is 2.88 bits per heavy atom. The predicted molar refractivity (Wildman–Crippen MR) is 68.7 cm³/mol. The van der Waals surface area contributed by atoms with Crippen molar-refractivity contribution in [2.75, 3.05) is 5.32 Å². The van der Waals surface area contributed by atoms with Crippen LogP contribution in [0, 0.1) is 11.8 Å². The van der Waals surface area contributed by atoms with Crippen molar-refractivity contribution >= 4 is 5.69 Å². The van der Waals surface area contributed by atoms with Crippen LogP contribution in [0.5, 0.6) is 0 Å². The van der Waals surface area contributed by atoms with E-state index in [4.69, 9.17) is 0 Å². The van der Waals surface area contributed by atoms with Crippen LogP contribution in [0.4, 0.5) is 5.69 Å². The fourth-order valence-electron chi connectivity index (χ4n) is 3.52. The van der Waals surface area contributed by atoms with Crippen LogP contribution in [0.2, 0.25) is 0 Å². The van der Waals surface area contributed by atoms with Crippen molar-refractivity contribution in [1.29, 1.82) is 0 Å². The first-order chi connectivity index (χ1) is 7.85. The normalized spacial score (nSPS) is 31.9. The largest absolute Gasteiger partial charge is 0.382 e. The fourth-order valence-corrected chi connectivity index (χ4v) is 3.52. The first kappa shape index (κ1) is 10.2. The second kappa shape index (κ2) is 4.12. The van der Waals surface area contributed by atoms with Gasteiger partial charge < -0.3 is 5.32 Å². The molecule has 0 amide bonds. The van der Waals surface area contributed by atoms with E-state index in [-0.39, 0.29) is 0 Å². The third-order valence-corrected chi connectivity index (χ3v) is 4.43. The summed E-state index contributed by atoms with van der Waals surface area (Å²) in [6, 6.07) is 9.67. The first-order valence-corrected chi connectivity index (χ1v) is 6.70. The molecule has 1 heteroatoms. The summed E-state index contributed by atoms with van der Waals surface area (Å²) in [6.45, 7) is 2.22. The Labute approximate surface area is 98.3 Å². The van der Waals surface area contributed by atoms with Gasteiger partial charge in [0, 0.05) is 11.7 Å². The van der Waals surface area contributed by atoms with E-state index < -0.39 is 0 Å². The van der Waals surface area contributed by atoms with Crippen LogP contribution >= 0.6 is 0 Å². The lowest BCUT2D eigenvalue weighted by Gasteiger charge is -2.24. The molecule has 2 bridgehead atoms. The molecule has 1 nitrogen and oxygen atoms in total. The van der Waals surface area contributed by atoms with Crippen molar-refractivity contribution in [2.45, 2.75) is 45.1 Å². The van der Waals surface area contributed by atoms with Gasteiger partial charge in [-0.1, -0.05) is 25.5 Å². The van der Waals surface area contributed by atoms with Gasteiger partial charge in [0.05, 0.1) is 0 Å². The highest BCUT2D eigenvalue weighted by molar-refractivity contribution is 5.47. The molecule has 0 heterocycles. The zero-order chi connectivity index (χ0) is 11.0. The van der Waals surface area contributed by atoms with Crippen LogP contribution in [0.25, 0.3) is 0 Å². The molecule has 0 unspecified atom stereocenters. The summed E-state index contributed by atoms with van der Waals surface area (Å²) in [5, 5.41) is 3.75. The third-order valence-electron chi connectivity index (χ3n) is 4.43. The molecule has 16 heavy (non-hydrogen) atoms. The third kappa shape index (κ3) is 1.83. The maximum atomic E-state index is 3.75. The fraction of sp³-hybridized carbons (Fsp3) is 0.600. The summed E-state index contributed by atoms with van der Waals surface area (Å²) in [5.74, 6) is 1.98. The number of aryl methyl sites for hydroxylation is 1. The summed E-state index contributed by atoms with van der Waals surface area (Å²) in [4.78, 5) is 0. The van der Waals surface area contributed by atoms with Gasteiger partial charge in [0.25, 0.3) is 0 Å². The number of fused-ring (bicyclic) bond motifs is 2. The standard InChI is InChI=1S/C15H21N/c1-2-11-4-3-5-14(9-11)16-15-10-12-6-7-13(15)8-12/h3-5,9,12-13,15-16H,2,6-8,10H2,1H3/t12-,13-,15+/m1/s1. The average molecular weight is 215 g/mol. The number of benzene rings is 1. The van der Waals surface area contributed by atoms with Gasteiger partial charge in [0.15, 0.2) is 0 Å². The molecule has 0 radical (unpaired) electrons. The number of hydrogen-bond donors (Lipinski definition) is 1. The molecule has 1 aromatic carbocycles. The molecule has 2 aliphatic carbocycles. The highest BCUT2D eigenvalue weighted by Gasteiger charge is 2.39. The smallest absolute Gasteiger partial charge is 0.0345 e. The molecule has 1 aromatic rings. The van der Waals surface area contributed by atoms with Gasteiger partial charge in [-0.15, -0.1) is 0 Å². The van der Waals surface area contributed by atoms with E-state index in [0.29, 0.717) is 0 Å². The van der Waals surface area contributed by atoms with Gasteiger partial charge >= 0.3 is 0 Å². The maximum absolute atomic E-state index is 3.75. The van der Waals surface area contributed by atoms with E-state index in [1.54, 1.807) is 0 Å². The zero-order valence-electron chi connectivity index (χ0n) is 10.1. The Kier molecular flexibility index (Phi) is 2.62. The van der Waals surface area contributed by atoms with E-state index in [9.17, 15) is 0 Å². The Morgan fingerprint density at radius 1 is 1.25 bits per heavy atom. The second-order valence-corrected chi connectivity index (χ2v) is 5.48. The van der Waals surface area contributed by atoms with Crippen LogP contribution in [-0.4, -0.2) is 6.04 Å². The highest BCUT2D eigenvalue weighted by Crippen LogP contribution is 2.45. The van der Waals surface area contributed by atoms with Crippen LogP contribution in [0.15, 0.2) is 24.3 Å². The van der Waals surface area contributed by atoms with Gasteiger partial charge in [0.1, 0.15) is 0 Å². The van der Waals surface area contributed by atoms with Crippen molar-refractivity contribution in [3.8, 4) is 0 Å². The molecule has 3 atom stereocenters. The van der Waals surface area contributed by atoms with Crippen molar-refractivity contribution < 1.29 is 0 Å². The Hall–Kier alpha value is -0.980. The summed E-state index contributed by atoms with van der Waals surface area (Å²) in [5.41, 5.74) is 2.77. The Bertz CT molecular complexity index is 371. The molecule has 3 rings (SSSR count). The van der Waals surface area contributed by atoms with E-state index in [2.05, 4.69) is 36.5 Å². The second-order valence-electron chi connectivity index (χ2n) is 5.48. The lowest BCUT2D eigenvalue weighted by atomic mass is 9.95. The minimum atomic E-state index is 0.755. The molecule has 1 N–H and O–H groups in total. The molecule has 0 spiro atoms. The van der Waals surface area contributed by atoms with Gasteiger partial charge in [-0.05, 0) is 55.2 Å². The highest BCUT2D eigenvalue weighted by atomic mass is 14.9. The quantitative estimate of drug-likeness (QED) is 0.807. The van der Waals surface area contributed by atoms with Gasteiger partial charge in [-0.2, -0.15) is 0 Å². The van der Waals surface area contributed by atoms with Crippen LogP contribution < -0.4 is 5.32 Å². The molecule has 0 saturated heterocycles. The van der Waals surface area contributed by atoms with Crippen LogP contribution in [0.1, 0.15) is 38.2 Å². The minimum absolute atomic E-state index is 0.755. The van der Waals surface area contributed by atoms with Gasteiger partial charge in [-0.3, -0.25) is 0 Å². The predicted octanol–water partition coefficient (Wildman–Crippen LogP) is 3.85. The molecule has 2 aliphatic rings. The molecule has 2 fully saturated rings. The topological polar surface area (TPSA) is 12.0 Å². The van der Waals surface area contributed by atoms with E-state index >= 15 is 0 Å². The summed E-state index contributed by atoms with van der Waals surface area (Å²) < 4.78 is 0. The van der Waals surface area contributed by atoms with Crippen molar-refractivity contribution in [2.24, 2.45) is 11.8 Å². The van der Waals surface area contributed by atoms with Crippen molar-refractivity contribution in [1.82, 2.24) is 0 Å². The van der Waals surface area contributed by atoms with E-state index in [1.807, 2.05) is 0 Å². The molecule has 86 valence electrons. The first-order valence-electron chi connectivity index (χ1n) is 6.70. The van der Waals surface area contributed by atoms with E-state index in [0.717, 1.165) is 24.3 Å². The lowest BCUT2D eigenvalue weighted by Crippen LogP contribution is -2.25. The minimum Gasteiger partial charge on any atom is -0.382 e. The summed E-state index contributed by atoms with van der Waals surface area (Å²) >= 11 is 0. The summed E-state index contributed by atoms with van der Waals surface area (Å²) in [7, 11) is 0. The van der Waals surface area contributed by atoms with Crippen molar-refractivity contribution in [3.63, 3.8) is 0 Å². The Morgan fingerprint density at radius 2 is 2.19 bits per heavy atom. The summed E-state index contributed by atoms with van der Waals surface area (Å²) in [6.07, 6.45) is 6.95. The molecule has 2 saturated carbocycles. The number of nitrogens with one attached hydrogen (secondary N) is 1. The van der Waals surface area contributed by atoms with Gasteiger partial charge in [-0.25, -0.2) is 0 Å². The van der Waals surface area contributed by atoms with Crippen LogP contribution in [0.3, 0.4) is 0 Å². The average Bonchev–Trinajstić information content (AvgIpc) is 2.91. The molecular formula is C15H21N. The number of rotatable bonds is 3. The molecular weight excluding hydrogens is 194 g/mol. The van der Waals surface area contributed by atoms with Crippen molar-refractivity contribution in [3.05, 3.63) is 29.8 Å². The SMILES string of the molecule is CCc1cccc(N[C@H]2C[C@@H]3CC[C@@H]2C3)c1.